The third-order valence-corrected chi connectivity index (χ3v) is 7.47. The molecule has 35 heavy (non-hydrogen) atoms. The zero-order valence-corrected chi connectivity index (χ0v) is 20.7. The van der Waals surface area contributed by atoms with Gasteiger partial charge in [-0.3, -0.25) is 14.7 Å². The van der Waals surface area contributed by atoms with Crippen molar-refractivity contribution in [3.8, 4) is 0 Å². The Bertz CT molecular complexity index is 1250. The fourth-order valence-corrected chi connectivity index (χ4v) is 5.32. The number of aromatic nitrogens is 3. The first-order valence-corrected chi connectivity index (χ1v) is 13.0. The van der Waals surface area contributed by atoms with Crippen LogP contribution in [0, 0.1) is 5.92 Å². The summed E-state index contributed by atoms with van der Waals surface area (Å²) in [6.07, 6.45) is 5.74. The Balaban J connectivity index is 1.19. The lowest BCUT2D eigenvalue weighted by Crippen LogP contribution is -2.38. The van der Waals surface area contributed by atoms with E-state index in [0.717, 1.165) is 48.3 Å². The highest BCUT2D eigenvalue weighted by Gasteiger charge is 2.22. The average molecular weight is 487 g/mol. The molecule has 1 amide bonds. The number of likely N-dealkylation sites (tertiary alicyclic amines) is 1. The van der Waals surface area contributed by atoms with Crippen molar-refractivity contribution in [2.75, 3.05) is 25.0 Å². The van der Waals surface area contributed by atoms with E-state index < -0.39 is 0 Å². The number of piperidine rings is 1. The molecule has 7 nitrogen and oxygen atoms in total. The molecule has 0 saturated carbocycles. The largest absolute Gasteiger partial charge is 0.350 e. The van der Waals surface area contributed by atoms with Crippen LogP contribution >= 0.6 is 11.3 Å². The predicted molar refractivity (Wildman–Crippen MR) is 140 cm³/mol. The number of fused-ring (bicyclic) bond motifs is 1. The van der Waals surface area contributed by atoms with Gasteiger partial charge in [-0.2, -0.15) is 0 Å². The van der Waals surface area contributed by atoms with Crippen LogP contribution in [0.25, 0.3) is 10.2 Å². The molecule has 8 heteroatoms. The minimum absolute atomic E-state index is 0.0308. The van der Waals surface area contributed by atoms with Gasteiger partial charge in [0.15, 0.2) is 5.69 Å². The van der Waals surface area contributed by atoms with Crippen LogP contribution in [-0.2, 0) is 6.54 Å². The Hall–Kier alpha value is -3.36. The summed E-state index contributed by atoms with van der Waals surface area (Å²) in [7, 11) is 0. The van der Waals surface area contributed by atoms with Crippen LogP contribution in [0.15, 0.2) is 66.3 Å². The number of nitrogens with one attached hydrogen (secondary N) is 2. The number of pyridine rings is 1. The number of amides is 1. The number of anilines is 1. The van der Waals surface area contributed by atoms with Gasteiger partial charge in [-0.05, 0) is 67.4 Å². The standard InChI is InChI=1S/C27H30N6OS/c1-19(22-8-5-12-28-17-22)30-27-31-23-11-15-35-25(23)24(32-27)26(34)29-16-20-9-13-33(14-10-20)18-21-6-3-2-4-7-21/h2-8,11-12,15,17,19-20H,9-10,13-14,16,18H2,1H3,(H,29,34)(H,30,31,32). The van der Waals surface area contributed by atoms with Crippen LogP contribution in [-0.4, -0.2) is 45.4 Å². The van der Waals surface area contributed by atoms with E-state index in [4.69, 9.17) is 0 Å². The maximum absolute atomic E-state index is 13.2. The fraction of sp³-hybridized carbons (Fsp3) is 0.333. The molecule has 3 aromatic heterocycles. The summed E-state index contributed by atoms with van der Waals surface area (Å²) >= 11 is 1.50. The molecule has 1 unspecified atom stereocenters. The maximum Gasteiger partial charge on any atom is 0.271 e. The first kappa shape index (κ1) is 23.4. The van der Waals surface area contributed by atoms with E-state index in [9.17, 15) is 4.79 Å². The van der Waals surface area contributed by atoms with Gasteiger partial charge in [0, 0.05) is 25.5 Å². The van der Waals surface area contributed by atoms with Crippen LogP contribution in [0.2, 0.25) is 0 Å². The molecule has 1 aliphatic heterocycles. The van der Waals surface area contributed by atoms with E-state index in [2.05, 4.69) is 60.8 Å². The predicted octanol–water partition coefficient (Wildman–Crippen LogP) is 4.90. The summed E-state index contributed by atoms with van der Waals surface area (Å²) in [4.78, 5) is 29.1. The number of carbonyl (C=O) groups excluding carboxylic acids is 1. The quantitative estimate of drug-likeness (QED) is 0.369. The van der Waals surface area contributed by atoms with Crippen LogP contribution in [0.3, 0.4) is 0 Å². The Labute approximate surface area is 209 Å². The van der Waals surface area contributed by atoms with Crippen LogP contribution < -0.4 is 10.6 Å². The Morgan fingerprint density at radius 3 is 2.71 bits per heavy atom. The lowest BCUT2D eigenvalue weighted by Gasteiger charge is -2.32. The van der Waals surface area contributed by atoms with Crippen molar-refractivity contribution in [2.24, 2.45) is 5.92 Å². The molecule has 1 aromatic carbocycles. The molecular weight excluding hydrogens is 456 g/mol. The molecule has 5 rings (SSSR count). The molecule has 2 N–H and O–H groups in total. The van der Waals surface area contributed by atoms with Gasteiger partial charge in [0.1, 0.15) is 0 Å². The van der Waals surface area contributed by atoms with Gasteiger partial charge in [0.2, 0.25) is 5.95 Å². The molecule has 4 heterocycles. The van der Waals surface area contributed by atoms with Gasteiger partial charge in [0.05, 0.1) is 16.3 Å². The molecular formula is C27H30N6OS. The van der Waals surface area contributed by atoms with Crippen molar-refractivity contribution in [3.63, 3.8) is 0 Å². The molecule has 1 aliphatic rings. The van der Waals surface area contributed by atoms with Crippen molar-refractivity contribution in [1.82, 2.24) is 25.2 Å². The number of thiophene rings is 1. The summed E-state index contributed by atoms with van der Waals surface area (Å²) in [6, 6.07) is 16.4. The summed E-state index contributed by atoms with van der Waals surface area (Å²) < 4.78 is 0.819. The van der Waals surface area contributed by atoms with E-state index in [1.54, 1.807) is 6.20 Å². The Morgan fingerprint density at radius 2 is 1.94 bits per heavy atom. The average Bonchev–Trinajstić information content (AvgIpc) is 3.37. The van der Waals surface area contributed by atoms with Gasteiger partial charge in [0.25, 0.3) is 5.91 Å². The second kappa shape index (κ2) is 10.9. The second-order valence-corrected chi connectivity index (χ2v) is 10.0. The molecule has 4 aromatic rings. The molecule has 1 saturated heterocycles. The zero-order chi connectivity index (χ0) is 24.0. The zero-order valence-electron chi connectivity index (χ0n) is 19.9. The van der Waals surface area contributed by atoms with E-state index in [-0.39, 0.29) is 11.9 Å². The van der Waals surface area contributed by atoms with Crippen molar-refractivity contribution >= 4 is 33.4 Å². The molecule has 0 aliphatic carbocycles. The van der Waals surface area contributed by atoms with Gasteiger partial charge in [-0.15, -0.1) is 11.3 Å². The molecule has 0 spiro atoms. The first-order chi connectivity index (χ1) is 17.2. The normalized spacial score (nSPS) is 15.7. The number of benzene rings is 1. The van der Waals surface area contributed by atoms with Gasteiger partial charge < -0.3 is 10.6 Å². The van der Waals surface area contributed by atoms with Crippen molar-refractivity contribution in [3.05, 3.63) is 83.1 Å². The summed E-state index contributed by atoms with van der Waals surface area (Å²) in [5.41, 5.74) is 3.61. The molecule has 180 valence electrons. The highest BCUT2D eigenvalue weighted by atomic mass is 32.1. The number of carbonyl (C=O) groups is 1. The van der Waals surface area contributed by atoms with Crippen LogP contribution in [0.4, 0.5) is 5.95 Å². The Kier molecular flexibility index (Phi) is 7.30. The summed E-state index contributed by atoms with van der Waals surface area (Å²) in [5.74, 6) is 0.796. The highest BCUT2D eigenvalue weighted by molar-refractivity contribution is 7.17. The van der Waals surface area contributed by atoms with Gasteiger partial charge in [-0.25, -0.2) is 9.97 Å². The third-order valence-electron chi connectivity index (χ3n) is 6.56. The fourth-order valence-electron chi connectivity index (χ4n) is 4.50. The lowest BCUT2D eigenvalue weighted by molar-refractivity contribution is 0.0932. The summed E-state index contributed by atoms with van der Waals surface area (Å²) in [6.45, 7) is 5.80. The van der Waals surface area contributed by atoms with Crippen molar-refractivity contribution < 1.29 is 4.79 Å². The highest BCUT2D eigenvalue weighted by Crippen LogP contribution is 2.26. The molecule has 0 radical (unpaired) electrons. The van der Waals surface area contributed by atoms with Crippen molar-refractivity contribution in [1.29, 1.82) is 0 Å². The topological polar surface area (TPSA) is 83.0 Å². The minimum Gasteiger partial charge on any atom is -0.350 e. The molecule has 1 fully saturated rings. The van der Waals surface area contributed by atoms with Crippen LogP contribution in [0.1, 0.15) is 47.4 Å². The SMILES string of the molecule is CC(Nc1nc(C(=O)NCC2CCN(Cc3ccccc3)CC2)c2sccc2n1)c1cccnc1. The summed E-state index contributed by atoms with van der Waals surface area (Å²) in [5, 5.41) is 8.42. The second-order valence-electron chi connectivity index (χ2n) is 9.10. The van der Waals surface area contributed by atoms with Crippen molar-refractivity contribution in [2.45, 2.75) is 32.4 Å². The Morgan fingerprint density at radius 1 is 1.11 bits per heavy atom. The number of nitrogens with zero attached hydrogens (tertiary/aromatic N) is 4. The minimum atomic E-state index is -0.136. The van der Waals surface area contributed by atoms with Gasteiger partial charge in [-0.1, -0.05) is 36.4 Å². The van der Waals surface area contributed by atoms with Crippen LogP contribution in [0.5, 0.6) is 0 Å². The van der Waals surface area contributed by atoms with E-state index in [1.165, 1.54) is 16.9 Å². The monoisotopic (exact) mass is 486 g/mol. The number of hydrogen-bond donors (Lipinski definition) is 2. The lowest BCUT2D eigenvalue weighted by atomic mass is 9.96. The van der Waals surface area contributed by atoms with Gasteiger partial charge >= 0.3 is 0 Å². The smallest absolute Gasteiger partial charge is 0.271 e. The third kappa shape index (κ3) is 5.83. The molecule has 0 bridgehead atoms. The first-order valence-electron chi connectivity index (χ1n) is 12.1. The maximum atomic E-state index is 13.2. The van der Waals surface area contributed by atoms with E-state index in [1.807, 2.05) is 36.7 Å². The van der Waals surface area contributed by atoms with E-state index in [0.29, 0.717) is 24.1 Å². The number of hydrogen-bond acceptors (Lipinski definition) is 7. The van der Waals surface area contributed by atoms with E-state index >= 15 is 0 Å². The molecule has 1 atom stereocenters. The number of rotatable bonds is 8.